The first-order valence-electron chi connectivity index (χ1n) is 7.40. The summed E-state index contributed by atoms with van der Waals surface area (Å²) in [5.41, 5.74) is 0.162. The summed E-state index contributed by atoms with van der Waals surface area (Å²) in [7, 11) is 0. The Hall–Kier alpha value is -1.72. The van der Waals surface area contributed by atoms with E-state index < -0.39 is 11.7 Å². The molecule has 3 rings (SSSR count). The zero-order chi connectivity index (χ0) is 15.2. The lowest BCUT2D eigenvalue weighted by atomic mass is 9.90. The van der Waals surface area contributed by atoms with E-state index in [2.05, 4.69) is 16.8 Å². The molecule has 0 N–H and O–H groups in total. The zero-order valence-corrected chi connectivity index (χ0v) is 12.4. The van der Waals surface area contributed by atoms with Crippen LogP contribution < -0.4 is 0 Å². The highest BCUT2D eigenvalue weighted by Gasteiger charge is 2.58. The summed E-state index contributed by atoms with van der Waals surface area (Å²) in [6, 6.07) is 0. The Balaban J connectivity index is 1.62. The smallest absolute Gasteiger partial charge is 0.281 e. The van der Waals surface area contributed by atoms with Crippen molar-refractivity contribution < 1.29 is 13.6 Å². The minimum absolute atomic E-state index is 0.162. The molecule has 1 aromatic rings. The molecule has 5 nitrogen and oxygen atoms in total. The minimum Gasteiger partial charge on any atom is -0.425 e. The largest absolute Gasteiger partial charge is 0.425 e. The molecule has 1 aromatic heterocycles. The van der Waals surface area contributed by atoms with Crippen molar-refractivity contribution in [3.05, 3.63) is 24.2 Å². The molecule has 21 heavy (non-hydrogen) atoms. The van der Waals surface area contributed by atoms with Crippen LogP contribution in [0.3, 0.4) is 0 Å². The number of hydrogen-bond acceptors (Lipinski definition) is 4. The van der Waals surface area contributed by atoms with Gasteiger partial charge < -0.3 is 9.32 Å². The number of piperidine rings is 1. The summed E-state index contributed by atoms with van der Waals surface area (Å²) in [6.07, 6.45) is 2.73. The maximum Gasteiger partial charge on any atom is 0.281 e. The summed E-state index contributed by atoms with van der Waals surface area (Å²) in [6.45, 7) is 8.26. The van der Waals surface area contributed by atoms with E-state index in [4.69, 9.17) is 4.42 Å². The highest BCUT2D eigenvalue weighted by molar-refractivity contribution is 5.90. The first kappa shape index (κ1) is 14.2. The third kappa shape index (κ3) is 2.47. The normalized spacial score (nSPS) is 23.6. The molecule has 1 saturated heterocycles. The minimum atomic E-state index is -0.878. The molecule has 0 aromatic carbocycles. The average Bonchev–Trinajstić information content (AvgIpc) is 2.93. The van der Waals surface area contributed by atoms with E-state index in [9.17, 15) is 9.18 Å². The van der Waals surface area contributed by atoms with Crippen LogP contribution in [0, 0.1) is 5.41 Å². The molecular weight excluding hydrogens is 273 g/mol. The van der Waals surface area contributed by atoms with E-state index in [1.54, 1.807) is 0 Å². The van der Waals surface area contributed by atoms with Crippen LogP contribution >= 0.6 is 0 Å². The fraction of sp³-hybridized carbons (Fsp3) is 0.667. The highest BCUT2D eigenvalue weighted by Crippen LogP contribution is 2.64. The second-order valence-electron chi connectivity index (χ2n) is 6.45. The van der Waals surface area contributed by atoms with Crippen molar-refractivity contribution in [1.82, 2.24) is 15.1 Å². The Kier molecular flexibility index (Phi) is 3.34. The lowest BCUT2D eigenvalue weighted by Crippen LogP contribution is -2.39. The molecule has 2 heterocycles. The fourth-order valence-electron chi connectivity index (χ4n) is 3.20. The van der Waals surface area contributed by atoms with Gasteiger partial charge in [-0.15, -0.1) is 10.2 Å². The quantitative estimate of drug-likeness (QED) is 0.804. The van der Waals surface area contributed by atoms with Gasteiger partial charge >= 0.3 is 0 Å². The van der Waals surface area contributed by atoms with Gasteiger partial charge in [-0.2, -0.15) is 0 Å². The fourth-order valence-corrected chi connectivity index (χ4v) is 3.20. The van der Waals surface area contributed by atoms with Gasteiger partial charge in [0.1, 0.15) is 0 Å². The molecule has 0 radical (unpaired) electrons. The van der Waals surface area contributed by atoms with Gasteiger partial charge in [-0.3, -0.25) is 4.79 Å². The van der Waals surface area contributed by atoms with Crippen molar-refractivity contribution in [2.45, 2.75) is 44.9 Å². The van der Waals surface area contributed by atoms with Crippen LogP contribution in [0.1, 0.15) is 56.7 Å². The second-order valence-corrected chi connectivity index (χ2v) is 6.45. The van der Waals surface area contributed by atoms with Gasteiger partial charge in [-0.25, -0.2) is 4.39 Å². The summed E-state index contributed by atoms with van der Waals surface area (Å²) < 4.78 is 18.6. The van der Waals surface area contributed by atoms with Crippen molar-refractivity contribution in [3.8, 4) is 0 Å². The first-order chi connectivity index (χ1) is 9.93. The number of hydrogen-bond donors (Lipinski definition) is 0. The number of amides is 1. The molecule has 114 valence electrons. The Morgan fingerprint density at radius 1 is 1.43 bits per heavy atom. The molecule has 1 saturated carbocycles. The van der Waals surface area contributed by atoms with Gasteiger partial charge in [0.25, 0.3) is 5.91 Å². The molecular formula is C15H20FN3O2. The summed E-state index contributed by atoms with van der Waals surface area (Å²) >= 11 is 0. The summed E-state index contributed by atoms with van der Waals surface area (Å²) in [5.74, 6) is 0.458. The molecule has 1 aliphatic carbocycles. The Morgan fingerprint density at radius 2 is 2.10 bits per heavy atom. The summed E-state index contributed by atoms with van der Waals surface area (Å²) in [5, 5.41) is 8.24. The lowest BCUT2D eigenvalue weighted by molar-refractivity contribution is -0.130. The van der Waals surface area contributed by atoms with Crippen molar-refractivity contribution in [1.29, 1.82) is 0 Å². The van der Waals surface area contributed by atoms with Crippen molar-refractivity contribution in [2.75, 3.05) is 13.1 Å². The van der Waals surface area contributed by atoms with E-state index in [1.807, 2.05) is 13.8 Å². The molecule has 1 amide bonds. The second kappa shape index (κ2) is 4.93. The SMILES string of the molecule is C=C(F)C(=O)N1CCC2(CC1)CC2c1nnc(C(C)C)o1. The topological polar surface area (TPSA) is 59.2 Å². The molecule has 0 bridgehead atoms. The molecule has 1 spiro atoms. The van der Waals surface area contributed by atoms with Gasteiger partial charge in [0.05, 0.1) is 0 Å². The number of carbonyl (C=O) groups is 1. The number of likely N-dealkylation sites (tertiary alicyclic amines) is 1. The monoisotopic (exact) mass is 293 g/mol. The van der Waals surface area contributed by atoms with Crippen LogP contribution in [-0.2, 0) is 4.79 Å². The zero-order valence-electron chi connectivity index (χ0n) is 12.4. The molecule has 1 unspecified atom stereocenters. The van der Waals surface area contributed by atoms with Crippen LogP contribution in [0.15, 0.2) is 16.8 Å². The van der Waals surface area contributed by atoms with Crippen molar-refractivity contribution in [3.63, 3.8) is 0 Å². The molecule has 2 aliphatic rings. The van der Waals surface area contributed by atoms with Gasteiger partial charge in [-0.05, 0) is 24.7 Å². The average molecular weight is 293 g/mol. The van der Waals surface area contributed by atoms with Crippen molar-refractivity contribution in [2.24, 2.45) is 5.41 Å². The standard InChI is InChI=1S/C15H20FN3O2/c1-9(2)12-17-18-13(21-12)11-8-15(11)4-6-19(7-5-15)14(20)10(3)16/h9,11H,3-8H2,1-2H3. The van der Waals surface area contributed by atoms with E-state index in [0.29, 0.717) is 30.8 Å². The number of halogens is 1. The maximum absolute atomic E-state index is 12.9. The maximum atomic E-state index is 12.9. The first-order valence-corrected chi connectivity index (χ1v) is 7.40. The van der Waals surface area contributed by atoms with Gasteiger partial charge in [0, 0.05) is 24.9 Å². The predicted molar refractivity (Wildman–Crippen MR) is 74.2 cm³/mol. The molecule has 6 heteroatoms. The molecule has 2 fully saturated rings. The van der Waals surface area contributed by atoms with E-state index in [-0.39, 0.29) is 11.3 Å². The van der Waals surface area contributed by atoms with Crippen LogP contribution in [-0.4, -0.2) is 34.1 Å². The van der Waals surface area contributed by atoms with E-state index in [1.165, 1.54) is 4.90 Å². The third-order valence-electron chi connectivity index (χ3n) is 4.72. The van der Waals surface area contributed by atoms with E-state index in [0.717, 1.165) is 19.3 Å². The highest BCUT2D eigenvalue weighted by atomic mass is 19.1. The summed E-state index contributed by atoms with van der Waals surface area (Å²) in [4.78, 5) is 13.1. The Labute approximate surface area is 123 Å². The van der Waals surface area contributed by atoms with Gasteiger partial charge in [0.15, 0.2) is 5.83 Å². The Morgan fingerprint density at radius 3 is 2.62 bits per heavy atom. The Bertz CT molecular complexity index is 573. The third-order valence-corrected chi connectivity index (χ3v) is 4.72. The van der Waals surface area contributed by atoms with Gasteiger partial charge in [-0.1, -0.05) is 20.4 Å². The van der Waals surface area contributed by atoms with Gasteiger partial charge in [0.2, 0.25) is 11.8 Å². The van der Waals surface area contributed by atoms with Crippen LogP contribution in [0.2, 0.25) is 0 Å². The number of nitrogens with zero attached hydrogens (tertiary/aromatic N) is 3. The van der Waals surface area contributed by atoms with Crippen LogP contribution in [0.5, 0.6) is 0 Å². The van der Waals surface area contributed by atoms with Crippen LogP contribution in [0.25, 0.3) is 0 Å². The number of carbonyl (C=O) groups excluding carboxylic acids is 1. The van der Waals surface area contributed by atoms with E-state index >= 15 is 0 Å². The number of aromatic nitrogens is 2. The van der Waals surface area contributed by atoms with Crippen molar-refractivity contribution >= 4 is 5.91 Å². The van der Waals surface area contributed by atoms with Crippen LogP contribution in [0.4, 0.5) is 4.39 Å². The predicted octanol–water partition coefficient (Wildman–Crippen LogP) is 2.77. The lowest BCUT2D eigenvalue weighted by Gasteiger charge is -2.32. The molecule has 1 aliphatic heterocycles. The number of rotatable bonds is 3. The molecule has 1 atom stereocenters.